The zero-order valence-electron chi connectivity index (χ0n) is 10.4. The molecular weight excluding hydrogens is 244 g/mol. The van der Waals surface area contributed by atoms with Crippen molar-refractivity contribution in [1.82, 2.24) is 0 Å². The monoisotopic (exact) mass is 266 g/mol. The van der Waals surface area contributed by atoms with Gasteiger partial charge in [-0.05, 0) is 19.8 Å². The van der Waals surface area contributed by atoms with Crippen LogP contribution in [0, 0.1) is 0 Å². The summed E-state index contributed by atoms with van der Waals surface area (Å²) < 4.78 is 32.9. The highest BCUT2D eigenvalue weighted by molar-refractivity contribution is 7.80. The van der Waals surface area contributed by atoms with Gasteiger partial charge in [0.05, 0.1) is 6.61 Å². The molecule has 0 aliphatic rings. The molecule has 0 aromatic rings. The lowest BCUT2D eigenvalue weighted by molar-refractivity contribution is -0.117. The molecule has 0 aromatic heterocycles. The SMILES string of the molecule is CC(=O)CCCCCCCCCOS(=O)(=O)O. The summed E-state index contributed by atoms with van der Waals surface area (Å²) in [5, 5.41) is 0. The Morgan fingerprint density at radius 1 is 1.00 bits per heavy atom. The first-order chi connectivity index (χ1) is 7.92. The molecule has 0 bridgehead atoms. The standard InChI is InChI=1S/C11H22O5S/c1-11(12)9-7-5-3-2-4-6-8-10-16-17(13,14)15/h2-10H2,1H3,(H,13,14,15). The first-order valence-corrected chi connectivity index (χ1v) is 7.39. The third-order valence-electron chi connectivity index (χ3n) is 2.41. The van der Waals surface area contributed by atoms with Crippen LogP contribution in [-0.4, -0.2) is 25.4 Å². The summed E-state index contributed by atoms with van der Waals surface area (Å²) in [4.78, 5) is 10.6. The molecule has 0 aromatic carbocycles. The van der Waals surface area contributed by atoms with E-state index in [0.717, 1.165) is 38.5 Å². The smallest absolute Gasteiger partial charge is 0.300 e. The largest absolute Gasteiger partial charge is 0.397 e. The Hall–Kier alpha value is -0.460. The highest BCUT2D eigenvalue weighted by atomic mass is 32.3. The zero-order valence-corrected chi connectivity index (χ0v) is 11.2. The zero-order chi connectivity index (χ0) is 13.1. The molecule has 6 heteroatoms. The van der Waals surface area contributed by atoms with E-state index >= 15 is 0 Å². The molecule has 0 radical (unpaired) electrons. The van der Waals surface area contributed by atoms with Gasteiger partial charge in [0.15, 0.2) is 0 Å². The number of hydrogen-bond acceptors (Lipinski definition) is 4. The van der Waals surface area contributed by atoms with E-state index in [-0.39, 0.29) is 12.4 Å². The molecule has 1 N–H and O–H groups in total. The van der Waals surface area contributed by atoms with Gasteiger partial charge in [-0.2, -0.15) is 8.42 Å². The van der Waals surface area contributed by atoms with Crippen LogP contribution in [0.2, 0.25) is 0 Å². The number of carbonyl (C=O) groups is 1. The summed E-state index contributed by atoms with van der Waals surface area (Å²) >= 11 is 0. The number of ketones is 1. The van der Waals surface area contributed by atoms with Crippen molar-refractivity contribution >= 4 is 16.2 Å². The fourth-order valence-corrected chi connectivity index (χ4v) is 1.85. The lowest BCUT2D eigenvalue weighted by Crippen LogP contribution is -2.04. The number of hydrogen-bond donors (Lipinski definition) is 1. The van der Waals surface area contributed by atoms with Gasteiger partial charge in [-0.15, -0.1) is 0 Å². The maximum absolute atomic E-state index is 10.6. The van der Waals surface area contributed by atoms with Crippen LogP contribution in [0.5, 0.6) is 0 Å². The highest BCUT2D eigenvalue weighted by Crippen LogP contribution is 2.09. The van der Waals surface area contributed by atoms with Crippen molar-refractivity contribution in [2.75, 3.05) is 6.61 Å². The quantitative estimate of drug-likeness (QED) is 0.459. The molecule has 0 unspecified atom stereocenters. The third kappa shape index (κ3) is 15.5. The van der Waals surface area contributed by atoms with Crippen LogP contribution >= 0.6 is 0 Å². The minimum Gasteiger partial charge on any atom is -0.300 e. The van der Waals surface area contributed by atoms with Crippen LogP contribution in [0.4, 0.5) is 0 Å². The van der Waals surface area contributed by atoms with Crippen molar-refractivity contribution in [2.45, 2.75) is 58.3 Å². The van der Waals surface area contributed by atoms with Crippen molar-refractivity contribution in [3.05, 3.63) is 0 Å². The Kier molecular flexibility index (Phi) is 9.30. The van der Waals surface area contributed by atoms with Crippen LogP contribution in [0.15, 0.2) is 0 Å². The molecule has 17 heavy (non-hydrogen) atoms. The summed E-state index contributed by atoms with van der Waals surface area (Å²) in [5.74, 6) is 0.243. The molecule has 0 saturated carbocycles. The second kappa shape index (κ2) is 9.56. The predicted octanol–water partition coefficient (Wildman–Crippen LogP) is 2.52. The van der Waals surface area contributed by atoms with Crippen LogP contribution in [-0.2, 0) is 19.4 Å². The second-order valence-corrected chi connectivity index (χ2v) is 5.27. The summed E-state index contributed by atoms with van der Waals surface area (Å²) in [6.07, 6.45) is 7.44. The van der Waals surface area contributed by atoms with E-state index in [1.165, 1.54) is 0 Å². The number of carbonyl (C=O) groups excluding carboxylic acids is 1. The van der Waals surface area contributed by atoms with Gasteiger partial charge in [0, 0.05) is 6.42 Å². The molecule has 0 aliphatic carbocycles. The van der Waals surface area contributed by atoms with E-state index in [1.54, 1.807) is 6.92 Å². The van der Waals surface area contributed by atoms with Crippen molar-refractivity contribution in [3.63, 3.8) is 0 Å². The molecule has 0 spiro atoms. The summed E-state index contributed by atoms with van der Waals surface area (Å²) in [7, 11) is -4.27. The molecule has 5 nitrogen and oxygen atoms in total. The van der Waals surface area contributed by atoms with Gasteiger partial charge >= 0.3 is 10.4 Å². The van der Waals surface area contributed by atoms with Crippen molar-refractivity contribution in [1.29, 1.82) is 0 Å². The minimum atomic E-state index is -4.27. The van der Waals surface area contributed by atoms with E-state index in [4.69, 9.17) is 4.55 Å². The Bertz CT molecular complexity index is 297. The number of unbranched alkanes of at least 4 members (excludes halogenated alkanes) is 6. The van der Waals surface area contributed by atoms with Crippen molar-refractivity contribution < 1.29 is 21.9 Å². The molecule has 102 valence electrons. The van der Waals surface area contributed by atoms with E-state index < -0.39 is 10.4 Å². The summed E-state index contributed by atoms with van der Waals surface area (Å²) in [6, 6.07) is 0. The Morgan fingerprint density at radius 3 is 1.94 bits per heavy atom. The van der Waals surface area contributed by atoms with Gasteiger partial charge in [-0.25, -0.2) is 4.18 Å². The number of rotatable bonds is 11. The topological polar surface area (TPSA) is 80.7 Å². The Morgan fingerprint density at radius 2 is 1.47 bits per heavy atom. The summed E-state index contributed by atoms with van der Waals surface area (Å²) in [6.45, 7) is 1.65. The molecule has 0 amide bonds. The maximum atomic E-state index is 10.6. The minimum absolute atomic E-state index is 0.0448. The van der Waals surface area contributed by atoms with Crippen molar-refractivity contribution in [3.8, 4) is 0 Å². The fourth-order valence-electron chi connectivity index (χ4n) is 1.52. The average molecular weight is 266 g/mol. The lowest BCUT2D eigenvalue weighted by atomic mass is 10.1. The van der Waals surface area contributed by atoms with Gasteiger partial charge in [0.1, 0.15) is 5.78 Å². The molecule has 0 rings (SSSR count). The molecule has 0 atom stereocenters. The van der Waals surface area contributed by atoms with Gasteiger partial charge < -0.3 is 4.79 Å². The second-order valence-electron chi connectivity index (χ2n) is 4.18. The van der Waals surface area contributed by atoms with E-state index in [9.17, 15) is 13.2 Å². The third-order valence-corrected chi connectivity index (χ3v) is 2.87. The van der Waals surface area contributed by atoms with E-state index in [1.807, 2.05) is 0 Å². The Balaban J connectivity index is 3.11. The molecular formula is C11H22O5S. The molecule has 0 fully saturated rings. The van der Waals surface area contributed by atoms with E-state index in [0.29, 0.717) is 12.8 Å². The predicted molar refractivity (Wildman–Crippen MR) is 65.1 cm³/mol. The first kappa shape index (κ1) is 16.5. The summed E-state index contributed by atoms with van der Waals surface area (Å²) in [5.41, 5.74) is 0. The van der Waals surface area contributed by atoms with Gasteiger partial charge in [0.2, 0.25) is 0 Å². The van der Waals surface area contributed by atoms with Gasteiger partial charge in [-0.3, -0.25) is 4.55 Å². The van der Waals surface area contributed by atoms with Crippen molar-refractivity contribution in [2.24, 2.45) is 0 Å². The average Bonchev–Trinajstić information content (AvgIpc) is 2.18. The maximum Gasteiger partial charge on any atom is 0.397 e. The molecule has 0 saturated heterocycles. The van der Waals surface area contributed by atoms with Gasteiger partial charge in [-0.1, -0.05) is 32.1 Å². The fraction of sp³-hybridized carbons (Fsp3) is 0.909. The molecule has 0 aliphatic heterocycles. The Labute approximate surface area is 104 Å². The van der Waals surface area contributed by atoms with Crippen LogP contribution < -0.4 is 0 Å². The van der Waals surface area contributed by atoms with Crippen LogP contribution in [0.1, 0.15) is 58.3 Å². The highest BCUT2D eigenvalue weighted by Gasteiger charge is 2.02. The molecule has 0 heterocycles. The lowest BCUT2D eigenvalue weighted by Gasteiger charge is -2.01. The number of Topliss-reactive ketones (excluding diaryl/α,β-unsaturated/α-hetero) is 1. The normalized spacial score (nSPS) is 11.6. The van der Waals surface area contributed by atoms with E-state index in [2.05, 4.69) is 4.18 Å². The van der Waals surface area contributed by atoms with Crippen LogP contribution in [0.25, 0.3) is 0 Å². The van der Waals surface area contributed by atoms with Gasteiger partial charge in [0.25, 0.3) is 0 Å². The van der Waals surface area contributed by atoms with Crippen LogP contribution in [0.3, 0.4) is 0 Å². The first-order valence-electron chi connectivity index (χ1n) is 6.03.